The van der Waals surface area contributed by atoms with Crippen molar-refractivity contribution >= 4 is 18.0 Å². The highest BCUT2D eigenvalue weighted by molar-refractivity contribution is 5.80. The summed E-state index contributed by atoms with van der Waals surface area (Å²) in [6, 6.07) is 15.8. The Morgan fingerprint density at radius 3 is 2.12 bits per heavy atom. The Bertz CT molecular complexity index is 942. The molecular formula is C25H30N2O5. The van der Waals surface area contributed by atoms with Gasteiger partial charge in [-0.25, -0.2) is 4.79 Å². The molecule has 2 aromatic rings. The Hall–Kier alpha value is -3.35. The van der Waals surface area contributed by atoms with Crippen molar-refractivity contribution in [3.63, 3.8) is 0 Å². The number of hydrogen-bond donors (Lipinski definition) is 2. The predicted octanol–water partition coefficient (Wildman–Crippen LogP) is 3.87. The third-order valence-electron chi connectivity index (χ3n) is 5.93. The van der Waals surface area contributed by atoms with Crippen LogP contribution in [0, 0.1) is 5.92 Å². The molecule has 2 aromatic carbocycles. The summed E-state index contributed by atoms with van der Waals surface area (Å²) in [5.41, 5.74) is 4.59. The zero-order valence-corrected chi connectivity index (χ0v) is 18.7. The summed E-state index contributed by atoms with van der Waals surface area (Å²) in [5, 5.41) is 11.6. The van der Waals surface area contributed by atoms with Crippen LogP contribution in [0.15, 0.2) is 48.5 Å². The minimum absolute atomic E-state index is 0.00677. The Balaban J connectivity index is 1.59. The molecule has 0 radical (unpaired) electrons. The van der Waals surface area contributed by atoms with Gasteiger partial charge in [0, 0.05) is 32.0 Å². The molecule has 1 aliphatic carbocycles. The molecule has 0 unspecified atom stereocenters. The lowest BCUT2D eigenvalue weighted by Crippen LogP contribution is -2.43. The lowest BCUT2D eigenvalue weighted by atomic mass is 9.98. The SMILES string of the molecule is CC(C)[C@H](CC(=O)N(C)CCC(=O)O)NC(=O)OCC1c2ccccc2-c2ccccc21. The lowest BCUT2D eigenvalue weighted by Gasteiger charge is -2.25. The second kappa shape index (κ2) is 10.3. The van der Waals surface area contributed by atoms with Gasteiger partial charge in [-0.15, -0.1) is 0 Å². The van der Waals surface area contributed by atoms with E-state index in [0.29, 0.717) is 0 Å². The van der Waals surface area contributed by atoms with Crippen LogP contribution in [-0.4, -0.2) is 54.2 Å². The van der Waals surface area contributed by atoms with Crippen LogP contribution in [0.5, 0.6) is 0 Å². The van der Waals surface area contributed by atoms with Gasteiger partial charge in [-0.1, -0.05) is 62.4 Å². The third-order valence-corrected chi connectivity index (χ3v) is 5.93. The normalized spacial score (nSPS) is 13.2. The van der Waals surface area contributed by atoms with Crippen LogP contribution in [0.1, 0.15) is 43.7 Å². The Labute approximate surface area is 188 Å². The topological polar surface area (TPSA) is 95.9 Å². The standard InChI is InChI=1S/C25H30N2O5/c1-16(2)22(14-23(28)27(3)13-12-24(29)30)26-25(31)32-15-21-19-10-6-4-8-17(19)18-9-5-7-11-20(18)21/h4-11,16,21-22H,12-15H2,1-3H3,(H,26,31)(H,29,30)/t22-/m0/s1. The number of carboxylic acids is 1. The molecule has 1 atom stereocenters. The smallest absolute Gasteiger partial charge is 0.407 e. The van der Waals surface area contributed by atoms with E-state index in [-0.39, 0.29) is 43.7 Å². The molecule has 3 rings (SSSR count). The average molecular weight is 439 g/mol. The van der Waals surface area contributed by atoms with E-state index in [9.17, 15) is 14.4 Å². The fourth-order valence-electron chi connectivity index (χ4n) is 3.98. The van der Waals surface area contributed by atoms with E-state index in [4.69, 9.17) is 9.84 Å². The number of carbonyl (C=O) groups is 3. The average Bonchev–Trinajstić information content (AvgIpc) is 3.09. The molecule has 7 nitrogen and oxygen atoms in total. The molecule has 1 aliphatic rings. The highest BCUT2D eigenvalue weighted by Crippen LogP contribution is 2.44. The van der Waals surface area contributed by atoms with Gasteiger partial charge in [-0.3, -0.25) is 9.59 Å². The van der Waals surface area contributed by atoms with Crippen LogP contribution in [-0.2, 0) is 14.3 Å². The molecule has 0 bridgehead atoms. The van der Waals surface area contributed by atoms with E-state index in [1.807, 2.05) is 38.1 Å². The van der Waals surface area contributed by atoms with Gasteiger partial charge in [0.25, 0.3) is 0 Å². The monoisotopic (exact) mass is 438 g/mol. The number of carbonyl (C=O) groups excluding carboxylic acids is 2. The van der Waals surface area contributed by atoms with Crippen molar-refractivity contribution in [3.8, 4) is 11.1 Å². The molecule has 0 saturated carbocycles. The van der Waals surface area contributed by atoms with Crippen molar-refractivity contribution in [3.05, 3.63) is 59.7 Å². The number of carboxylic acid groups (broad SMARTS) is 1. The number of ether oxygens (including phenoxy) is 1. The summed E-state index contributed by atoms with van der Waals surface area (Å²) in [5.74, 6) is -1.20. The van der Waals surface area contributed by atoms with Gasteiger partial charge in [-0.05, 0) is 28.2 Å². The number of hydrogen-bond acceptors (Lipinski definition) is 4. The molecule has 170 valence electrons. The highest BCUT2D eigenvalue weighted by Gasteiger charge is 2.29. The first kappa shape index (κ1) is 23.3. The van der Waals surface area contributed by atoms with Gasteiger partial charge in [-0.2, -0.15) is 0 Å². The Morgan fingerprint density at radius 2 is 1.59 bits per heavy atom. The fourth-order valence-corrected chi connectivity index (χ4v) is 3.98. The largest absolute Gasteiger partial charge is 0.481 e. The third kappa shape index (κ3) is 5.46. The first-order valence-corrected chi connectivity index (χ1v) is 10.8. The van der Waals surface area contributed by atoms with Crippen molar-refractivity contribution in [1.29, 1.82) is 0 Å². The van der Waals surface area contributed by atoms with Gasteiger partial charge in [0.1, 0.15) is 6.61 Å². The van der Waals surface area contributed by atoms with E-state index < -0.39 is 18.1 Å². The molecule has 2 N–H and O–H groups in total. The number of amides is 2. The maximum atomic E-state index is 12.6. The molecule has 0 heterocycles. The van der Waals surface area contributed by atoms with Crippen LogP contribution < -0.4 is 5.32 Å². The minimum atomic E-state index is -0.957. The van der Waals surface area contributed by atoms with Crippen LogP contribution in [0.4, 0.5) is 4.79 Å². The Kier molecular flexibility index (Phi) is 7.51. The van der Waals surface area contributed by atoms with E-state index >= 15 is 0 Å². The maximum Gasteiger partial charge on any atom is 0.407 e. The second-order valence-electron chi connectivity index (χ2n) is 8.48. The van der Waals surface area contributed by atoms with E-state index in [2.05, 4.69) is 29.6 Å². The Morgan fingerprint density at radius 1 is 1.03 bits per heavy atom. The molecule has 32 heavy (non-hydrogen) atoms. The van der Waals surface area contributed by atoms with E-state index in [1.54, 1.807) is 7.05 Å². The maximum absolute atomic E-state index is 12.6. The summed E-state index contributed by atoms with van der Waals surface area (Å²) in [6.07, 6.45) is -0.599. The molecule has 7 heteroatoms. The first-order valence-electron chi connectivity index (χ1n) is 10.8. The molecule has 0 aromatic heterocycles. The summed E-state index contributed by atoms with van der Waals surface area (Å²) in [7, 11) is 1.57. The number of aliphatic carboxylic acids is 1. The van der Waals surface area contributed by atoms with Crippen molar-refractivity contribution in [2.24, 2.45) is 5.92 Å². The van der Waals surface area contributed by atoms with Crippen molar-refractivity contribution in [1.82, 2.24) is 10.2 Å². The summed E-state index contributed by atoms with van der Waals surface area (Å²) in [4.78, 5) is 37.1. The molecule has 0 spiro atoms. The van der Waals surface area contributed by atoms with Gasteiger partial charge in [0.15, 0.2) is 0 Å². The van der Waals surface area contributed by atoms with Gasteiger partial charge >= 0.3 is 12.1 Å². The highest BCUT2D eigenvalue weighted by atomic mass is 16.5. The minimum Gasteiger partial charge on any atom is -0.481 e. The number of rotatable bonds is 9. The van der Waals surface area contributed by atoms with Crippen molar-refractivity contribution in [2.45, 2.75) is 38.6 Å². The second-order valence-corrected chi connectivity index (χ2v) is 8.48. The number of fused-ring (bicyclic) bond motifs is 3. The number of nitrogens with zero attached hydrogens (tertiary/aromatic N) is 1. The number of benzene rings is 2. The van der Waals surface area contributed by atoms with Crippen LogP contribution in [0.2, 0.25) is 0 Å². The first-order chi connectivity index (χ1) is 15.3. The summed E-state index contributed by atoms with van der Waals surface area (Å²) < 4.78 is 5.59. The summed E-state index contributed by atoms with van der Waals surface area (Å²) in [6.45, 7) is 4.17. The zero-order chi connectivity index (χ0) is 23.3. The van der Waals surface area contributed by atoms with E-state index in [1.165, 1.54) is 4.90 Å². The van der Waals surface area contributed by atoms with Crippen molar-refractivity contribution < 1.29 is 24.2 Å². The molecule has 0 fully saturated rings. The van der Waals surface area contributed by atoms with Gasteiger partial charge in [0.2, 0.25) is 5.91 Å². The zero-order valence-electron chi connectivity index (χ0n) is 18.7. The number of alkyl carbamates (subject to hydrolysis) is 1. The molecule has 2 amide bonds. The fraction of sp³-hybridized carbons (Fsp3) is 0.400. The lowest BCUT2D eigenvalue weighted by molar-refractivity contribution is -0.138. The predicted molar refractivity (Wildman–Crippen MR) is 121 cm³/mol. The van der Waals surface area contributed by atoms with Crippen LogP contribution >= 0.6 is 0 Å². The van der Waals surface area contributed by atoms with Crippen LogP contribution in [0.3, 0.4) is 0 Å². The van der Waals surface area contributed by atoms with E-state index in [0.717, 1.165) is 22.3 Å². The van der Waals surface area contributed by atoms with Gasteiger partial charge < -0.3 is 20.1 Å². The quantitative estimate of drug-likeness (QED) is 0.620. The summed E-state index contributed by atoms with van der Waals surface area (Å²) >= 11 is 0. The molecule has 0 aliphatic heterocycles. The van der Waals surface area contributed by atoms with Crippen LogP contribution in [0.25, 0.3) is 11.1 Å². The molecular weight excluding hydrogens is 408 g/mol. The number of nitrogens with one attached hydrogen (secondary N) is 1. The van der Waals surface area contributed by atoms with Gasteiger partial charge in [0.05, 0.1) is 6.42 Å². The molecule has 0 saturated heterocycles. The van der Waals surface area contributed by atoms with Crippen molar-refractivity contribution in [2.75, 3.05) is 20.2 Å².